The standard InChI is InChI=1S/C19H28N4O.HI/c1-4-20-19(21-14-9-10-18(24)23(3)12-14)22-17-11-16(17)15-8-6-5-7-13(15)2;/h5-8,14,16-17H,4,9-12H2,1-3H3,(H2,20,21,22);1H. The van der Waals surface area contributed by atoms with Gasteiger partial charge in [-0.2, -0.15) is 0 Å². The van der Waals surface area contributed by atoms with Crippen molar-refractivity contribution in [3.05, 3.63) is 35.4 Å². The van der Waals surface area contributed by atoms with Gasteiger partial charge in [-0.15, -0.1) is 24.0 Å². The van der Waals surface area contributed by atoms with Gasteiger partial charge in [0.1, 0.15) is 0 Å². The maximum absolute atomic E-state index is 11.6. The van der Waals surface area contributed by atoms with E-state index in [1.54, 1.807) is 4.90 Å². The molecule has 1 saturated carbocycles. The smallest absolute Gasteiger partial charge is 0.222 e. The number of piperidine rings is 1. The zero-order chi connectivity index (χ0) is 17.1. The lowest BCUT2D eigenvalue weighted by molar-refractivity contribution is -0.132. The van der Waals surface area contributed by atoms with Crippen LogP contribution in [0.3, 0.4) is 0 Å². The Balaban J connectivity index is 0.00000225. The Morgan fingerprint density at radius 2 is 2.08 bits per heavy atom. The predicted molar refractivity (Wildman–Crippen MR) is 113 cm³/mol. The fourth-order valence-electron chi connectivity index (χ4n) is 3.49. The Morgan fingerprint density at radius 1 is 1.32 bits per heavy atom. The number of halogens is 1. The molecule has 138 valence electrons. The Labute approximate surface area is 167 Å². The molecule has 25 heavy (non-hydrogen) atoms. The lowest BCUT2D eigenvalue weighted by Gasteiger charge is -2.31. The van der Waals surface area contributed by atoms with Crippen LogP contribution in [0, 0.1) is 6.92 Å². The number of carbonyl (C=O) groups is 1. The van der Waals surface area contributed by atoms with E-state index in [1.165, 1.54) is 11.1 Å². The number of likely N-dealkylation sites (tertiary alicyclic amines) is 1. The first kappa shape index (κ1) is 20.0. The molecule has 3 rings (SSSR count). The minimum Gasteiger partial charge on any atom is -0.353 e. The number of nitrogens with zero attached hydrogens (tertiary/aromatic N) is 2. The molecule has 0 spiro atoms. The van der Waals surface area contributed by atoms with Crippen LogP contribution in [0.5, 0.6) is 0 Å². The molecule has 2 N–H and O–H groups in total. The largest absolute Gasteiger partial charge is 0.353 e. The van der Waals surface area contributed by atoms with Gasteiger partial charge in [-0.25, -0.2) is 0 Å². The molecule has 5 nitrogen and oxygen atoms in total. The first-order valence-corrected chi connectivity index (χ1v) is 8.95. The molecule has 1 aliphatic carbocycles. The summed E-state index contributed by atoms with van der Waals surface area (Å²) in [4.78, 5) is 18.0. The third-order valence-electron chi connectivity index (χ3n) is 4.98. The first-order valence-electron chi connectivity index (χ1n) is 8.95. The summed E-state index contributed by atoms with van der Waals surface area (Å²) in [6.07, 6.45) is 2.64. The Kier molecular flexibility index (Phi) is 7.10. The first-order chi connectivity index (χ1) is 11.6. The number of amides is 1. The molecule has 1 saturated heterocycles. The van der Waals surface area contributed by atoms with E-state index >= 15 is 0 Å². The molecule has 0 aromatic heterocycles. The van der Waals surface area contributed by atoms with Gasteiger partial charge >= 0.3 is 0 Å². The summed E-state index contributed by atoms with van der Waals surface area (Å²) in [5.74, 6) is 1.69. The van der Waals surface area contributed by atoms with Gasteiger partial charge in [0.15, 0.2) is 5.96 Å². The normalized spacial score (nSPS) is 26.0. The number of guanidine groups is 1. The van der Waals surface area contributed by atoms with Crippen LogP contribution in [0.1, 0.15) is 43.2 Å². The number of benzene rings is 1. The van der Waals surface area contributed by atoms with Gasteiger partial charge in [-0.1, -0.05) is 24.3 Å². The van der Waals surface area contributed by atoms with E-state index in [0.29, 0.717) is 18.4 Å². The fourth-order valence-corrected chi connectivity index (χ4v) is 3.49. The van der Waals surface area contributed by atoms with Crippen LogP contribution in [-0.4, -0.2) is 49.0 Å². The number of likely N-dealkylation sites (N-methyl/N-ethyl adjacent to an activating group) is 1. The second-order valence-corrected chi connectivity index (χ2v) is 6.93. The van der Waals surface area contributed by atoms with Crippen molar-refractivity contribution in [2.24, 2.45) is 4.99 Å². The highest BCUT2D eigenvalue weighted by atomic mass is 127. The van der Waals surface area contributed by atoms with E-state index in [4.69, 9.17) is 0 Å². The highest BCUT2D eigenvalue weighted by Gasteiger charge is 2.40. The summed E-state index contributed by atoms with van der Waals surface area (Å²) in [6.45, 7) is 5.72. The average molecular weight is 456 g/mol. The number of hydrogen-bond acceptors (Lipinski definition) is 2. The van der Waals surface area contributed by atoms with E-state index in [-0.39, 0.29) is 35.9 Å². The zero-order valence-electron chi connectivity index (χ0n) is 15.3. The SMILES string of the molecule is CCN=C(NC1CCC(=O)N(C)C1)NC1CC1c1ccccc1C.I. The molecule has 6 heteroatoms. The molecule has 3 unspecified atom stereocenters. The third-order valence-corrected chi connectivity index (χ3v) is 4.98. The highest BCUT2D eigenvalue weighted by molar-refractivity contribution is 14.0. The predicted octanol–water partition coefficient (Wildman–Crippen LogP) is 2.64. The topological polar surface area (TPSA) is 56.7 Å². The summed E-state index contributed by atoms with van der Waals surface area (Å²) in [7, 11) is 1.87. The summed E-state index contributed by atoms with van der Waals surface area (Å²) >= 11 is 0. The Morgan fingerprint density at radius 3 is 2.76 bits per heavy atom. The van der Waals surface area contributed by atoms with Gasteiger partial charge < -0.3 is 15.5 Å². The number of hydrogen-bond donors (Lipinski definition) is 2. The molecule has 2 aliphatic rings. The molecule has 1 heterocycles. The van der Waals surface area contributed by atoms with Gasteiger partial charge in [0.2, 0.25) is 5.91 Å². The van der Waals surface area contributed by atoms with Gasteiger partial charge in [0.25, 0.3) is 0 Å². The van der Waals surface area contributed by atoms with Crippen LogP contribution < -0.4 is 10.6 Å². The molecule has 1 aliphatic heterocycles. The van der Waals surface area contributed by atoms with E-state index in [2.05, 4.69) is 46.8 Å². The zero-order valence-corrected chi connectivity index (χ0v) is 17.6. The fraction of sp³-hybridized carbons (Fsp3) is 0.579. The minimum absolute atomic E-state index is 0. The molecule has 0 bridgehead atoms. The lowest BCUT2D eigenvalue weighted by Crippen LogP contribution is -2.52. The van der Waals surface area contributed by atoms with Crippen LogP contribution in [0.4, 0.5) is 0 Å². The van der Waals surface area contributed by atoms with Gasteiger partial charge in [0.05, 0.1) is 0 Å². The Hall–Kier alpha value is -1.31. The van der Waals surface area contributed by atoms with Gasteiger partial charge in [-0.05, 0) is 37.8 Å². The summed E-state index contributed by atoms with van der Waals surface area (Å²) in [6, 6.07) is 9.35. The highest BCUT2D eigenvalue weighted by Crippen LogP contribution is 2.42. The molecular formula is C19H29IN4O. The quantitative estimate of drug-likeness (QED) is 0.416. The molecule has 1 aromatic carbocycles. The van der Waals surface area contributed by atoms with Crippen LogP contribution in [-0.2, 0) is 4.79 Å². The lowest BCUT2D eigenvalue weighted by atomic mass is 10.0. The summed E-state index contributed by atoms with van der Waals surface area (Å²) < 4.78 is 0. The van der Waals surface area contributed by atoms with E-state index in [0.717, 1.165) is 31.9 Å². The van der Waals surface area contributed by atoms with E-state index in [9.17, 15) is 4.79 Å². The van der Waals surface area contributed by atoms with Crippen molar-refractivity contribution in [3.8, 4) is 0 Å². The molecule has 3 atom stereocenters. The summed E-state index contributed by atoms with van der Waals surface area (Å²) in [5.41, 5.74) is 2.80. The molecule has 1 amide bonds. The van der Waals surface area contributed by atoms with E-state index in [1.807, 2.05) is 14.0 Å². The minimum atomic E-state index is 0. The maximum atomic E-state index is 11.6. The molecule has 1 aromatic rings. The number of aryl methyl sites for hydroxylation is 1. The maximum Gasteiger partial charge on any atom is 0.222 e. The van der Waals surface area contributed by atoms with Gasteiger partial charge in [0, 0.05) is 44.6 Å². The second kappa shape index (κ2) is 8.87. The van der Waals surface area contributed by atoms with Crippen LogP contribution >= 0.6 is 24.0 Å². The van der Waals surface area contributed by atoms with Crippen LogP contribution in [0.25, 0.3) is 0 Å². The number of carbonyl (C=O) groups excluding carboxylic acids is 1. The van der Waals surface area contributed by atoms with Gasteiger partial charge in [-0.3, -0.25) is 9.79 Å². The number of rotatable bonds is 4. The van der Waals surface area contributed by atoms with Crippen molar-refractivity contribution < 1.29 is 4.79 Å². The van der Waals surface area contributed by atoms with Crippen molar-refractivity contribution in [1.29, 1.82) is 0 Å². The summed E-state index contributed by atoms with van der Waals surface area (Å²) in [5, 5.41) is 7.09. The molecule has 2 fully saturated rings. The average Bonchev–Trinajstić information content (AvgIpc) is 3.30. The molecule has 0 radical (unpaired) electrons. The van der Waals surface area contributed by atoms with Crippen molar-refractivity contribution in [1.82, 2.24) is 15.5 Å². The second-order valence-electron chi connectivity index (χ2n) is 6.93. The van der Waals surface area contributed by atoms with Crippen LogP contribution in [0.15, 0.2) is 29.3 Å². The number of aliphatic imine (C=N–C) groups is 1. The number of nitrogens with one attached hydrogen (secondary N) is 2. The van der Waals surface area contributed by atoms with Crippen molar-refractivity contribution in [2.75, 3.05) is 20.1 Å². The molecular weight excluding hydrogens is 427 g/mol. The van der Waals surface area contributed by atoms with Crippen molar-refractivity contribution in [3.63, 3.8) is 0 Å². The third kappa shape index (κ3) is 5.09. The van der Waals surface area contributed by atoms with Crippen LogP contribution in [0.2, 0.25) is 0 Å². The van der Waals surface area contributed by atoms with E-state index < -0.39 is 0 Å². The van der Waals surface area contributed by atoms with Crippen molar-refractivity contribution in [2.45, 2.75) is 51.1 Å². The van der Waals surface area contributed by atoms with Crippen molar-refractivity contribution >= 4 is 35.8 Å². The monoisotopic (exact) mass is 456 g/mol. The Bertz CT molecular complexity index is 634.